The fourth-order valence-corrected chi connectivity index (χ4v) is 2.52. The van der Waals surface area contributed by atoms with E-state index in [-0.39, 0.29) is 6.04 Å². The van der Waals surface area contributed by atoms with Crippen molar-refractivity contribution in [1.82, 2.24) is 5.43 Å². The number of terminal acetylenes is 1. The second kappa shape index (κ2) is 7.59. The molecule has 1 aromatic carbocycles. The zero-order valence-corrected chi connectivity index (χ0v) is 10.5. The molecule has 0 aliphatic carbocycles. The highest BCUT2D eigenvalue weighted by Gasteiger charge is 2.06. The molecule has 86 valence electrons. The van der Waals surface area contributed by atoms with Crippen LogP contribution in [-0.4, -0.2) is 11.8 Å². The summed E-state index contributed by atoms with van der Waals surface area (Å²) in [6.45, 7) is 0. The van der Waals surface area contributed by atoms with Crippen LogP contribution in [0.5, 0.6) is 0 Å². The van der Waals surface area contributed by atoms with Gasteiger partial charge in [-0.1, -0.05) is 17.7 Å². The Labute approximate surface area is 106 Å². The zero-order chi connectivity index (χ0) is 11.8. The average Bonchev–Trinajstić information content (AvgIpc) is 2.29. The first-order valence-electron chi connectivity index (χ1n) is 5.04. The maximum atomic E-state index is 5.90. The summed E-state index contributed by atoms with van der Waals surface area (Å²) in [5.74, 6) is 8.95. The number of benzene rings is 1. The zero-order valence-electron chi connectivity index (χ0n) is 8.95. The Balaban J connectivity index is 2.40. The number of nitrogens with two attached hydrogens (primary N) is 1. The Morgan fingerprint density at radius 2 is 2.38 bits per heavy atom. The number of hydrazine groups is 1. The fraction of sp³-hybridized carbons (Fsp3) is 0.333. The predicted molar refractivity (Wildman–Crippen MR) is 71.4 cm³/mol. The summed E-state index contributed by atoms with van der Waals surface area (Å²) in [6, 6.07) is 8.02. The third-order valence-corrected chi connectivity index (χ3v) is 3.51. The van der Waals surface area contributed by atoms with Crippen LogP contribution >= 0.6 is 23.4 Å². The molecule has 1 aromatic rings. The maximum absolute atomic E-state index is 5.90. The summed E-state index contributed by atoms with van der Waals surface area (Å²) in [5, 5.41) is 0.755. The lowest BCUT2D eigenvalue weighted by molar-refractivity contribution is 0.547. The van der Waals surface area contributed by atoms with Gasteiger partial charge in [0, 0.05) is 28.1 Å². The molecule has 0 spiro atoms. The normalized spacial score (nSPS) is 12.1. The molecule has 0 aromatic heterocycles. The van der Waals surface area contributed by atoms with Gasteiger partial charge in [0.15, 0.2) is 0 Å². The van der Waals surface area contributed by atoms with Crippen molar-refractivity contribution < 1.29 is 0 Å². The van der Waals surface area contributed by atoms with Gasteiger partial charge in [-0.3, -0.25) is 11.3 Å². The van der Waals surface area contributed by atoms with Crippen LogP contribution in [0.3, 0.4) is 0 Å². The topological polar surface area (TPSA) is 38.0 Å². The molecular formula is C12H15ClN2S. The van der Waals surface area contributed by atoms with Crippen LogP contribution in [0.15, 0.2) is 29.2 Å². The molecule has 3 N–H and O–H groups in total. The first-order chi connectivity index (χ1) is 7.76. The van der Waals surface area contributed by atoms with Gasteiger partial charge in [0.05, 0.1) is 0 Å². The van der Waals surface area contributed by atoms with Gasteiger partial charge < -0.3 is 0 Å². The van der Waals surface area contributed by atoms with Crippen LogP contribution in [-0.2, 0) is 0 Å². The Hall–Kier alpha value is -0.660. The minimum absolute atomic E-state index is 0.236. The maximum Gasteiger partial charge on any atom is 0.0417 e. The quantitative estimate of drug-likeness (QED) is 0.355. The summed E-state index contributed by atoms with van der Waals surface area (Å²) in [4.78, 5) is 1.15. The monoisotopic (exact) mass is 254 g/mol. The van der Waals surface area contributed by atoms with E-state index in [0.29, 0.717) is 0 Å². The van der Waals surface area contributed by atoms with E-state index >= 15 is 0 Å². The minimum Gasteiger partial charge on any atom is -0.271 e. The summed E-state index contributed by atoms with van der Waals surface area (Å²) in [6.07, 6.45) is 6.85. The van der Waals surface area contributed by atoms with Crippen molar-refractivity contribution in [2.24, 2.45) is 5.84 Å². The summed E-state index contributed by atoms with van der Waals surface area (Å²) in [7, 11) is 0. The highest BCUT2D eigenvalue weighted by atomic mass is 35.5. The smallest absolute Gasteiger partial charge is 0.0417 e. The number of hydrogen-bond acceptors (Lipinski definition) is 3. The van der Waals surface area contributed by atoms with Crippen LogP contribution in [0.4, 0.5) is 0 Å². The first-order valence-corrected chi connectivity index (χ1v) is 6.40. The van der Waals surface area contributed by atoms with Gasteiger partial charge in [0.25, 0.3) is 0 Å². The van der Waals surface area contributed by atoms with Crippen molar-refractivity contribution in [3.63, 3.8) is 0 Å². The fourth-order valence-electron chi connectivity index (χ4n) is 1.23. The number of rotatable bonds is 6. The molecule has 1 unspecified atom stereocenters. The second-order valence-corrected chi connectivity index (χ2v) is 4.90. The third kappa shape index (κ3) is 4.91. The molecule has 0 fully saturated rings. The van der Waals surface area contributed by atoms with Gasteiger partial charge in [0.1, 0.15) is 0 Å². The number of halogens is 1. The van der Waals surface area contributed by atoms with E-state index in [1.807, 2.05) is 24.3 Å². The molecule has 0 saturated heterocycles. The van der Waals surface area contributed by atoms with Crippen molar-refractivity contribution >= 4 is 23.4 Å². The predicted octanol–water partition coefficient (Wildman–Crippen LogP) is 2.68. The number of hydrogen-bond donors (Lipinski definition) is 2. The first kappa shape index (κ1) is 13.4. The highest BCUT2D eigenvalue weighted by molar-refractivity contribution is 7.99. The standard InChI is InChI=1S/C12H15ClN2S/c1-2-3-6-11(15-14)9-16-12-7-4-5-10(13)8-12/h1,4-5,7-8,11,15H,3,6,9,14H2. The Kier molecular flexibility index (Phi) is 6.36. The van der Waals surface area contributed by atoms with Gasteiger partial charge >= 0.3 is 0 Å². The molecule has 1 atom stereocenters. The molecule has 0 heterocycles. The molecule has 2 nitrogen and oxygen atoms in total. The molecule has 0 radical (unpaired) electrons. The van der Waals surface area contributed by atoms with E-state index in [1.54, 1.807) is 11.8 Å². The van der Waals surface area contributed by atoms with E-state index < -0.39 is 0 Å². The van der Waals surface area contributed by atoms with E-state index in [9.17, 15) is 0 Å². The number of thioether (sulfide) groups is 1. The lowest BCUT2D eigenvalue weighted by atomic mass is 10.2. The average molecular weight is 255 g/mol. The van der Waals surface area contributed by atoms with Crippen LogP contribution in [0.2, 0.25) is 5.02 Å². The van der Waals surface area contributed by atoms with Crippen molar-refractivity contribution in [3.8, 4) is 12.3 Å². The van der Waals surface area contributed by atoms with Crippen molar-refractivity contribution in [2.45, 2.75) is 23.8 Å². The Morgan fingerprint density at radius 1 is 1.56 bits per heavy atom. The van der Waals surface area contributed by atoms with Gasteiger partial charge in [-0.25, -0.2) is 0 Å². The highest BCUT2D eigenvalue weighted by Crippen LogP contribution is 2.22. The van der Waals surface area contributed by atoms with Crippen molar-refractivity contribution in [3.05, 3.63) is 29.3 Å². The molecule has 16 heavy (non-hydrogen) atoms. The van der Waals surface area contributed by atoms with E-state index in [4.69, 9.17) is 23.9 Å². The molecule has 0 aliphatic heterocycles. The van der Waals surface area contributed by atoms with E-state index in [1.165, 1.54) is 0 Å². The summed E-state index contributed by atoms with van der Waals surface area (Å²) < 4.78 is 0. The van der Waals surface area contributed by atoms with Gasteiger partial charge in [-0.2, -0.15) is 0 Å². The van der Waals surface area contributed by atoms with E-state index in [0.717, 1.165) is 28.5 Å². The minimum atomic E-state index is 0.236. The van der Waals surface area contributed by atoms with Crippen LogP contribution < -0.4 is 11.3 Å². The molecule has 0 aliphatic rings. The summed E-state index contributed by atoms with van der Waals surface area (Å²) >= 11 is 7.62. The Morgan fingerprint density at radius 3 is 3.00 bits per heavy atom. The van der Waals surface area contributed by atoms with Crippen molar-refractivity contribution in [1.29, 1.82) is 0 Å². The molecule has 1 rings (SSSR count). The van der Waals surface area contributed by atoms with Gasteiger partial charge in [0.2, 0.25) is 0 Å². The molecule has 4 heteroatoms. The van der Waals surface area contributed by atoms with Crippen LogP contribution in [0, 0.1) is 12.3 Å². The lowest BCUT2D eigenvalue weighted by Crippen LogP contribution is -2.36. The van der Waals surface area contributed by atoms with Gasteiger partial charge in [-0.05, 0) is 24.6 Å². The SMILES string of the molecule is C#CCCC(CSc1cccc(Cl)c1)NN. The molecule has 0 saturated carbocycles. The molecular weight excluding hydrogens is 240 g/mol. The van der Waals surface area contributed by atoms with Crippen LogP contribution in [0.25, 0.3) is 0 Å². The van der Waals surface area contributed by atoms with E-state index in [2.05, 4.69) is 11.3 Å². The van der Waals surface area contributed by atoms with Gasteiger partial charge in [-0.15, -0.1) is 24.1 Å². The number of nitrogens with one attached hydrogen (secondary N) is 1. The van der Waals surface area contributed by atoms with Crippen molar-refractivity contribution in [2.75, 3.05) is 5.75 Å². The second-order valence-electron chi connectivity index (χ2n) is 3.37. The summed E-state index contributed by atoms with van der Waals surface area (Å²) in [5.41, 5.74) is 2.77. The largest absolute Gasteiger partial charge is 0.271 e. The lowest BCUT2D eigenvalue weighted by Gasteiger charge is -2.13. The molecule has 0 bridgehead atoms. The molecule has 0 amide bonds. The Bertz CT molecular complexity index is 362. The third-order valence-electron chi connectivity index (χ3n) is 2.12. The van der Waals surface area contributed by atoms with Crippen LogP contribution in [0.1, 0.15) is 12.8 Å².